The molecule has 74 valence electrons. The largest absolute Gasteiger partial charge is 0.348 e. The average Bonchev–Trinajstić information content (AvgIpc) is 2.04. The first-order valence-corrected chi connectivity index (χ1v) is 4.70. The molecule has 0 bridgehead atoms. The molecule has 1 saturated carbocycles. The third-order valence-corrected chi connectivity index (χ3v) is 2.66. The molecule has 0 spiro atoms. The lowest BCUT2D eigenvalue weighted by Crippen LogP contribution is -2.36. The second-order valence-corrected chi connectivity index (χ2v) is 3.60. The van der Waals surface area contributed by atoms with Crippen molar-refractivity contribution in [1.82, 2.24) is 0 Å². The van der Waals surface area contributed by atoms with Crippen LogP contribution in [0, 0.1) is 15.0 Å². The molecule has 1 aliphatic carbocycles. The van der Waals surface area contributed by atoms with Gasteiger partial charge in [-0.3, -0.25) is 10.1 Å². The highest BCUT2D eigenvalue weighted by Crippen LogP contribution is 2.29. The van der Waals surface area contributed by atoms with E-state index < -0.39 is 10.6 Å². The lowest BCUT2D eigenvalue weighted by Gasteiger charge is -2.19. The van der Waals surface area contributed by atoms with Crippen LogP contribution in [0.2, 0.25) is 0 Å². The summed E-state index contributed by atoms with van der Waals surface area (Å²) in [4.78, 5) is 20.7. The fourth-order valence-electron chi connectivity index (χ4n) is 1.78. The lowest BCUT2D eigenvalue weighted by atomic mass is 9.92. The molecule has 0 unspecified atom stereocenters. The van der Waals surface area contributed by atoms with Crippen molar-refractivity contribution in [2.75, 3.05) is 0 Å². The maximum atomic E-state index is 10.7. The first-order valence-electron chi connectivity index (χ1n) is 4.70. The van der Waals surface area contributed by atoms with E-state index in [1.165, 1.54) is 0 Å². The van der Waals surface area contributed by atoms with Gasteiger partial charge in [0.2, 0.25) is 0 Å². The second-order valence-electron chi connectivity index (χ2n) is 3.60. The molecule has 5 heteroatoms. The summed E-state index contributed by atoms with van der Waals surface area (Å²) in [6.45, 7) is 0. The first-order chi connectivity index (χ1) is 6.21. The zero-order chi connectivity index (χ0) is 9.73. The van der Waals surface area contributed by atoms with E-state index in [0.717, 1.165) is 32.1 Å². The summed E-state index contributed by atoms with van der Waals surface area (Å²) < 4.78 is 0. The fourth-order valence-corrected chi connectivity index (χ4v) is 1.78. The normalized spacial score (nSPS) is 22.8. The Bertz CT molecular complexity index is 198. The Kier molecular flexibility index (Phi) is 3.33. The minimum Gasteiger partial charge on any atom is -0.262 e. The van der Waals surface area contributed by atoms with Gasteiger partial charge >= 0.3 is 5.66 Å². The van der Waals surface area contributed by atoms with E-state index in [0.29, 0.717) is 12.8 Å². The van der Waals surface area contributed by atoms with Gasteiger partial charge in [-0.15, -0.1) is 4.91 Å². The SMILES string of the molecule is O=NC1([N+](=O)[O-])CCCCCCC1. The molecule has 0 aromatic carbocycles. The van der Waals surface area contributed by atoms with Crippen LogP contribution >= 0.6 is 0 Å². The molecular weight excluding hydrogens is 172 g/mol. The smallest absolute Gasteiger partial charge is 0.262 e. The molecule has 0 amide bonds. The van der Waals surface area contributed by atoms with Crippen LogP contribution in [0.4, 0.5) is 0 Å². The van der Waals surface area contributed by atoms with E-state index in [1.54, 1.807) is 0 Å². The Morgan fingerprint density at radius 1 is 1.08 bits per heavy atom. The molecule has 1 rings (SSSR count). The van der Waals surface area contributed by atoms with Crippen molar-refractivity contribution in [2.24, 2.45) is 5.18 Å². The van der Waals surface area contributed by atoms with Crippen molar-refractivity contribution in [3.05, 3.63) is 15.0 Å². The van der Waals surface area contributed by atoms with Crippen LogP contribution in [-0.4, -0.2) is 10.6 Å². The van der Waals surface area contributed by atoms with E-state index in [-0.39, 0.29) is 0 Å². The highest BCUT2D eigenvalue weighted by atomic mass is 16.6. The summed E-state index contributed by atoms with van der Waals surface area (Å²) in [5, 5.41) is 13.4. The molecule has 13 heavy (non-hydrogen) atoms. The van der Waals surface area contributed by atoms with Crippen molar-refractivity contribution in [3.8, 4) is 0 Å². The second kappa shape index (κ2) is 4.30. The van der Waals surface area contributed by atoms with E-state index in [2.05, 4.69) is 5.18 Å². The summed E-state index contributed by atoms with van der Waals surface area (Å²) in [6, 6.07) is 0. The van der Waals surface area contributed by atoms with Crippen molar-refractivity contribution in [1.29, 1.82) is 0 Å². The van der Waals surface area contributed by atoms with Gasteiger partial charge < -0.3 is 0 Å². The highest BCUT2D eigenvalue weighted by molar-refractivity contribution is 4.77. The van der Waals surface area contributed by atoms with Crippen molar-refractivity contribution in [2.45, 2.75) is 50.6 Å². The van der Waals surface area contributed by atoms with Crippen LogP contribution in [0.1, 0.15) is 44.9 Å². The molecule has 0 N–H and O–H groups in total. The monoisotopic (exact) mass is 186 g/mol. The number of hydrogen-bond donors (Lipinski definition) is 0. The van der Waals surface area contributed by atoms with Crippen LogP contribution < -0.4 is 0 Å². The summed E-state index contributed by atoms with van der Waals surface area (Å²) in [6.07, 6.45) is 5.18. The Morgan fingerprint density at radius 3 is 1.92 bits per heavy atom. The Labute approximate surface area is 76.6 Å². The molecular formula is C8H14N2O3. The van der Waals surface area contributed by atoms with Gasteiger partial charge in [-0.1, -0.05) is 19.3 Å². The van der Waals surface area contributed by atoms with Crippen LogP contribution in [0.15, 0.2) is 5.18 Å². The third-order valence-electron chi connectivity index (χ3n) is 2.66. The number of nitro groups is 1. The number of hydrogen-bond acceptors (Lipinski definition) is 4. The Hall–Kier alpha value is -1.00. The maximum Gasteiger partial charge on any atom is 0.348 e. The van der Waals surface area contributed by atoms with Crippen LogP contribution in [-0.2, 0) is 0 Å². The van der Waals surface area contributed by atoms with Gasteiger partial charge in [0.25, 0.3) is 0 Å². The lowest BCUT2D eigenvalue weighted by molar-refractivity contribution is -0.571. The quantitative estimate of drug-likeness (QED) is 0.377. The van der Waals surface area contributed by atoms with Gasteiger partial charge in [0.1, 0.15) is 0 Å². The minimum absolute atomic E-state index is 0.309. The molecule has 5 nitrogen and oxygen atoms in total. The summed E-state index contributed by atoms with van der Waals surface area (Å²) in [5.74, 6) is 0. The van der Waals surface area contributed by atoms with Crippen molar-refractivity contribution in [3.63, 3.8) is 0 Å². The van der Waals surface area contributed by atoms with E-state index in [1.807, 2.05) is 0 Å². The van der Waals surface area contributed by atoms with Gasteiger partial charge in [-0.25, -0.2) is 0 Å². The fraction of sp³-hybridized carbons (Fsp3) is 1.00. The molecule has 0 aliphatic heterocycles. The van der Waals surface area contributed by atoms with Crippen LogP contribution in [0.5, 0.6) is 0 Å². The van der Waals surface area contributed by atoms with Gasteiger partial charge in [-0.2, -0.15) is 0 Å². The van der Waals surface area contributed by atoms with Gasteiger partial charge in [0, 0.05) is 18.0 Å². The van der Waals surface area contributed by atoms with Crippen LogP contribution in [0.25, 0.3) is 0 Å². The molecule has 0 radical (unpaired) electrons. The van der Waals surface area contributed by atoms with Gasteiger partial charge in [-0.05, 0) is 12.8 Å². The molecule has 0 atom stereocenters. The van der Waals surface area contributed by atoms with E-state index >= 15 is 0 Å². The Morgan fingerprint density at radius 2 is 1.54 bits per heavy atom. The van der Waals surface area contributed by atoms with Gasteiger partial charge in [0.15, 0.2) is 0 Å². The number of nitrogens with zero attached hydrogens (tertiary/aromatic N) is 2. The number of nitroso groups, excluding NO2 is 1. The summed E-state index contributed by atoms with van der Waals surface area (Å²) in [7, 11) is 0. The topological polar surface area (TPSA) is 72.6 Å². The predicted molar refractivity (Wildman–Crippen MR) is 47.8 cm³/mol. The third kappa shape index (κ3) is 2.23. The minimum atomic E-state index is -1.51. The zero-order valence-corrected chi connectivity index (χ0v) is 7.57. The van der Waals surface area contributed by atoms with Crippen molar-refractivity contribution >= 4 is 0 Å². The van der Waals surface area contributed by atoms with E-state index in [4.69, 9.17) is 0 Å². The molecule has 1 fully saturated rings. The van der Waals surface area contributed by atoms with Crippen LogP contribution in [0.3, 0.4) is 0 Å². The van der Waals surface area contributed by atoms with Gasteiger partial charge in [0.05, 0.1) is 4.92 Å². The highest BCUT2D eigenvalue weighted by Gasteiger charge is 2.43. The average molecular weight is 186 g/mol. The zero-order valence-electron chi connectivity index (χ0n) is 7.57. The first kappa shape index (κ1) is 10.1. The number of rotatable bonds is 2. The molecule has 0 aromatic heterocycles. The summed E-state index contributed by atoms with van der Waals surface area (Å²) in [5.41, 5.74) is -1.51. The Balaban J connectivity index is 2.69. The molecule has 0 saturated heterocycles. The summed E-state index contributed by atoms with van der Waals surface area (Å²) >= 11 is 0. The standard InChI is InChI=1S/C8H14N2O3/c11-9-8(10(12)13)6-4-2-1-3-5-7-8/h1-7H2. The maximum absolute atomic E-state index is 10.7. The van der Waals surface area contributed by atoms with Crippen molar-refractivity contribution < 1.29 is 4.92 Å². The molecule has 0 heterocycles. The molecule has 1 aliphatic rings. The predicted octanol–water partition coefficient (Wildman–Crippen LogP) is 2.47. The van der Waals surface area contributed by atoms with E-state index in [9.17, 15) is 15.0 Å². The molecule has 0 aromatic rings.